The van der Waals surface area contributed by atoms with Gasteiger partial charge in [-0.1, -0.05) is 13.8 Å². The second kappa shape index (κ2) is 9.42. The average molecular weight is 346 g/mol. The van der Waals surface area contributed by atoms with Gasteiger partial charge in [0.2, 0.25) is 0 Å². The van der Waals surface area contributed by atoms with E-state index in [1.54, 1.807) is 6.07 Å². The molecule has 7 nitrogen and oxygen atoms in total. The van der Waals surface area contributed by atoms with E-state index in [2.05, 4.69) is 42.2 Å². The van der Waals surface area contributed by atoms with Gasteiger partial charge in [-0.3, -0.25) is 4.68 Å². The lowest BCUT2D eigenvalue weighted by atomic mass is 10.2. The second-order valence-corrected chi connectivity index (χ2v) is 6.65. The first-order valence-corrected chi connectivity index (χ1v) is 9.32. The topological polar surface area (TPSA) is 77.2 Å². The van der Waals surface area contributed by atoms with Crippen LogP contribution in [0.15, 0.2) is 6.07 Å². The van der Waals surface area contributed by atoms with Gasteiger partial charge in [-0.2, -0.15) is 10.4 Å². The molecule has 1 aliphatic heterocycles. The van der Waals surface area contributed by atoms with Gasteiger partial charge in [0, 0.05) is 19.1 Å². The van der Waals surface area contributed by atoms with E-state index < -0.39 is 0 Å². The molecule has 1 N–H and O–H groups in total. The minimum atomic E-state index is -0.0245. The van der Waals surface area contributed by atoms with Crippen molar-refractivity contribution in [3.8, 4) is 6.07 Å². The predicted molar refractivity (Wildman–Crippen MR) is 97.0 cm³/mol. The Hall–Kier alpha value is -2.07. The summed E-state index contributed by atoms with van der Waals surface area (Å²) in [5.74, 6) is 0. The predicted octanol–water partition coefficient (Wildman–Crippen LogP) is 2.18. The number of urea groups is 1. The fourth-order valence-electron chi connectivity index (χ4n) is 3.23. The van der Waals surface area contributed by atoms with E-state index in [9.17, 15) is 4.79 Å². The number of hydrogen-bond donors (Lipinski definition) is 1. The van der Waals surface area contributed by atoms with Gasteiger partial charge in [0.05, 0.1) is 12.2 Å². The number of nitriles is 1. The van der Waals surface area contributed by atoms with Crippen molar-refractivity contribution in [2.75, 3.05) is 26.2 Å². The number of hydrogen-bond acceptors (Lipinski definition) is 4. The molecule has 2 amide bonds. The van der Waals surface area contributed by atoms with Crippen LogP contribution in [0.3, 0.4) is 0 Å². The SMILES string of the molecule is CCN(CC)CCCC(C)NC(=O)N1CCCn2nc(C#N)cc2C1. The Morgan fingerprint density at radius 2 is 2.20 bits per heavy atom. The molecule has 0 fully saturated rings. The van der Waals surface area contributed by atoms with Crippen LogP contribution in [-0.4, -0.2) is 57.8 Å². The number of nitrogens with zero attached hydrogens (tertiary/aromatic N) is 5. The van der Waals surface area contributed by atoms with Gasteiger partial charge in [0.25, 0.3) is 0 Å². The molecule has 1 aromatic heterocycles. The van der Waals surface area contributed by atoms with E-state index in [4.69, 9.17) is 5.26 Å². The summed E-state index contributed by atoms with van der Waals surface area (Å²) in [7, 11) is 0. The average Bonchev–Trinajstić information content (AvgIpc) is 2.89. The molecule has 25 heavy (non-hydrogen) atoms. The second-order valence-electron chi connectivity index (χ2n) is 6.65. The van der Waals surface area contributed by atoms with Gasteiger partial charge in [-0.05, 0) is 51.9 Å². The van der Waals surface area contributed by atoms with Crippen molar-refractivity contribution >= 4 is 6.03 Å². The number of aromatic nitrogens is 2. The highest BCUT2D eigenvalue weighted by Gasteiger charge is 2.21. The molecule has 1 aliphatic rings. The molecule has 0 spiro atoms. The lowest BCUT2D eigenvalue weighted by molar-refractivity contribution is 0.191. The van der Waals surface area contributed by atoms with Crippen molar-refractivity contribution < 1.29 is 4.79 Å². The van der Waals surface area contributed by atoms with Crippen molar-refractivity contribution in [2.24, 2.45) is 0 Å². The summed E-state index contributed by atoms with van der Waals surface area (Å²) in [4.78, 5) is 16.8. The normalized spacial score (nSPS) is 15.4. The highest BCUT2D eigenvalue weighted by molar-refractivity contribution is 5.74. The largest absolute Gasteiger partial charge is 0.336 e. The first-order chi connectivity index (χ1) is 12.1. The Morgan fingerprint density at radius 3 is 2.88 bits per heavy atom. The Morgan fingerprint density at radius 1 is 1.44 bits per heavy atom. The molecule has 2 heterocycles. The molecule has 0 saturated carbocycles. The molecular formula is C18H30N6O. The highest BCUT2D eigenvalue weighted by Crippen LogP contribution is 2.14. The lowest BCUT2D eigenvalue weighted by Crippen LogP contribution is -2.43. The molecule has 7 heteroatoms. The Labute approximate surface area is 150 Å². The lowest BCUT2D eigenvalue weighted by Gasteiger charge is -2.24. The molecule has 0 bridgehead atoms. The Bertz CT molecular complexity index is 601. The first-order valence-electron chi connectivity index (χ1n) is 9.32. The van der Waals surface area contributed by atoms with Gasteiger partial charge in [0.15, 0.2) is 5.69 Å². The maximum absolute atomic E-state index is 12.6. The summed E-state index contributed by atoms with van der Waals surface area (Å²) in [6.45, 7) is 11.6. The number of carbonyl (C=O) groups excluding carboxylic acids is 1. The molecule has 0 saturated heterocycles. The van der Waals surface area contributed by atoms with Crippen LogP contribution in [-0.2, 0) is 13.1 Å². The number of carbonyl (C=O) groups is 1. The molecule has 2 rings (SSSR count). The van der Waals surface area contributed by atoms with Crippen LogP contribution < -0.4 is 5.32 Å². The number of nitrogens with one attached hydrogen (secondary N) is 1. The zero-order valence-corrected chi connectivity index (χ0v) is 15.7. The molecule has 1 unspecified atom stereocenters. The van der Waals surface area contributed by atoms with E-state index in [0.717, 1.165) is 51.1 Å². The standard InChI is InChI=1S/C18H30N6O/c1-4-22(5-2)9-6-8-15(3)20-18(25)23-10-7-11-24-17(14-23)12-16(13-19)21-24/h12,15H,4-11,14H2,1-3H3,(H,20,25). The zero-order valence-electron chi connectivity index (χ0n) is 15.7. The van der Waals surface area contributed by atoms with Crippen molar-refractivity contribution in [2.45, 2.75) is 59.2 Å². The van der Waals surface area contributed by atoms with Crippen LogP contribution in [0.25, 0.3) is 0 Å². The van der Waals surface area contributed by atoms with Crippen molar-refractivity contribution in [1.82, 2.24) is 24.9 Å². The zero-order chi connectivity index (χ0) is 18.2. The van der Waals surface area contributed by atoms with Gasteiger partial charge < -0.3 is 15.1 Å². The van der Waals surface area contributed by atoms with E-state index in [1.165, 1.54) is 0 Å². The fraction of sp³-hybridized carbons (Fsp3) is 0.722. The summed E-state index contributed by atoms with van der Waals surface area (Å²) in [5.41, 5.74) is 1.35. The van der Waals surface area contributed by atoms with Crippen molar-refractivity contribution in [1.29, 1.82) is 5.26 Å². The molecule has 0 aromatic carbocycles. The maximum Gasteiger partial charge on any atom is 0.317 e. The fourth-order valence-corrected chi connectivity index (χ4v) is 3.23. The minimum Gasteiger partial charge on any atom is -0.336 e. The monoisotopic (exact) mass is 346 g/mol. The van der Waals surface area contributed by atoms with Crippen LogP contribution in [0.5, 0.6) is 0 Å². The van der Waals surface area contributed by atoms with Gasteiger partial charge in [0.1, 0.15) is 6.07 Å². The van der Waals surface area contributed by atoms with E-state index in [1.807, 2.05) is 9.58 Å². The third-order valence-corrected chi connectivity index (χ3v) is 4.79. The van der Waals surface area contributed by atoms with Crippen LogP contribution in [0.1, 0.15) is 51.4 Å². The van der Waals surface area contributed by atoms with Crippen LogP contribution in [0, 0.1) is 11.3 Å². The molecular weight excluding hydrogens is 316 g/mol. The molecule has 138 valence electrons. The first kappa shape index (κ1) is 19.3. The van der Waals surface area contributed by atoms with Gasteiger partial charge in [-0.25, -0.2) is 4.79 Å². The van der Waals surface area contributed by atoms with Crippen LogP contribution in [0.4, 0.5) is 4.79 Å². The van der Waals surface area contributed by atoms with Gasteiger partial charge >= 0.3 is 6.03 Å². The maximum atomic E-state index is 12.6. The molecule has 1 aromatic rings. The summed E-state index contributed by atoms with van der Waals surface area (Å²) < 4.78 is 1.85. The minimum absolute atomic E-state index is 0.0245. The molecule has 0 radical (unpaired) electrons. The number of rotatable bonds is 7. The summed E-state index contributed by atoms with van der Waals surface area (Å²) in [6.07, 6.45) is 2.91. The summed E-state index contributed by atoms with van der Waals surface area (Å²) in [6, 6.07) is 3.98. The van der Waals surface area contributed by atoms with E-state index in [-0.39, 0.29) is 12.1 Å². The number of amides is 2. The molecule has 0 aliphatic carbocycles. The van der Waals surface area contributed by atoms with Crippen LogP contribution >= 0.6 is 0 Å². The quantitative estimate of drug-likeness (QED) is 0.821. The van der Waals surface area contributed by atoms with E-state index >= 15 is 0 Å². The highest BCUT2D eigenvalue weighted by atomic mass is 16.2. The third-order valence-electron chi connectivity index (χ3n) is 4.79. The van der Waals surface area contributed by atoms with Gasteiger partial charge in [-0.15, -0.1) is 0 Å². The number of fused-ring (bicyclic) bond motifs is 1. The summed E-state index contributed by atoms with van der Waals surface area (Å²) >= 11 is 0. The van der Waals surface area contributed by atoms with Crippen molar-refractivity contribution in [3.63, 3.8) is 0 Å². The van der Waals surface area contributed by atoms with Crippen LogP contribution in [0.2, 0.25) is 0 Å². The summed E-state index contributed by atoms with van der Waals surface area (Å²) in [5, 5.41) is 16.3. The Kier molecular flexibility index (Phi) is 7.26. The Balaban J connectivity index is 1.82. The van der Waals surface area contributed by atoms with Crippen molar-refractivity contribution in [3.05, 3.63) is 17.5 Å². The van der Waals surface area contributed by atoms with E-state index in [0.29, 0.717) is 18.8 Å². The smallest absolute Gasteiger partial charge is 0.317 e. The number of aryl methyl sites for hydroxylation is 1. The third kappa shape index (κ3) is 5.46. The molecule has 1 atom stereocenters.